The molecule has 59 heavy (non-hydrogen) atoms. The van der Waals surface area contributed by atoms with E-state index in [1.165, 1.54) is 11.3 Å². The van der Waals surface area contributed by atoms with E-state index < -0.39 is 6.04 Å². The molecule has 5 atom stereocenters. The molecule has 318 valence electrons. The van der Waals surface area contributed by atoms with Crippen LogP contribution < -0.4 is 15.6 Å². The van der Waals surface area contributed by atoms with Gasteiger partial charge < -0.3 is 29.2 Å². The van der Waals surface area contributed by atoms with Gasteiger partial charge in [0.2, 0.25) is 5.91 Å². The number of carbonyl (C=O) groups excluding carboxylic acids is 3. The lowest BCUT2D eigenvalue weighted by Gasteiger charge is -2.34. The number of ether oxygens (including phenoxy) is 2. The van der Waals surface area contributed by atoms with Crippen LogP contribution in [0.1, 0.15) is 83.2 Å². The van der Waals surface area contributed by atoms with Gasteiger partial charge in [-0.1, -0.05) is 26.8 Å². The molecule has 2 aliphatic heterocycles. The molecule has 5 heterocycles. The molecule has 2 amide bonds. The van der Waals surface area contributed by atoms with Crippen LogP contribution in [0, 0.1) is 17.3 Å². The van der Waals surface area contributed by atoms with Gasteiger partial charge in [-0.05, 0) is 83.2 Å². The van der Waals surface area contributed by atoms with Gasteiger partial charge in [-0.15, -0.1) is 11.3 Å². The van der Waals surface area contributed by atoms with Crippen molar-refractivity contribution in [3.05, 3.63) is 52.1 Å². The van der Waals surface area contributed by atoms with E-state index >= 15 is 0 Å². The summed E-state index contributed by atoms with van der Waals surface area (Å²) in [7, 11) is 3.88. The number of nitrogens with zero attached hydrogens (tertiary/aromatic N) is 6. The van der Waals surface area contributed by atoms with Crippen molar-refractivity contribution in [3.8, 4) is 22.5 Å². The number of benzene rings is 1. The maximum absolute atomic E-state index is 13.9. The number of aromatic nitrogens is 3. The average Bonchev–Trinajstić information content (AvgIpc) is 3.65. The van der Waals surface area contributed by atoms with E-state index in [1.807, 2.05) is 18.5 Å². The number of hydrazine groups is 1. The number of nitrogens with one attached hydrogen (secondary N) is 2. The minimum absolute atomic E-state index is 0.0413. The Morgan fingerprint density at radius 3 is 2.58 bits per heavy atom. The van der Waals surface area contributed by atoms with Gasteiger partial charge in [-0.2, -0.15) is 0 Å². The number of methoxy groups -OCH3 is 1. The van der Waals surface area contributed by atoms with Gasteiger partial charge in [-0.25, -0.2) is 10.4 Å². The maximum atomic E-state index is 13.9. The Labute approximate surface area is 352 Å². The van der Waals surface area contributed by atoms with Gasteiger partial charge in [-0.3, -0.25) is 24.4 Å². The number of hydrogen-bond acceptors (Lipinski definition) is 11. The lowest BCUT2D eigenvalue weighted by Crippen LogP contribution is -2.58. The van der Waals surface area contributed by atoms with Crippen molar-refractivity contribution in [2.45, 2.75) is 98.4 Å². The minimum atomic E-state index is -0.711. The molecule has 7 rings (SSSR count). The van der Waals surface area contributed by atoms with Crippen LogP contribution in [0.4, 0.5) is 5.69 Å². The van der Waals surface area contributed by atoms with Crippen LogP contribution in [0.5, 0.6) is 0 Å². The molecule has 1 aromatic carbocycles. The third-order valence-corrected chi connectivity index (χ3v) is 13.3. The van der Waals surface area contributed by atoms with E-state index in [4.69, 9.17) is 19.4 Å². The highest BCUT2D eigenvalue weighted by Crippen LogP contribution is 2.43. The molecule has 14 heteroatoms. The lowest BCUT2D eigenvalue weighted by molar-refractivity contribution is -0.141. The number of aryl methyl sites for hydroxylation is 1. The summed E-state index contributed by atoms with van der Waals surface area (Å²) >= 11 is 1.51. The van der Waals surface area contributed by atoms with Crippen molar-refractivity contribution in [1.82, 2.24) is 35.2 Å². The molecule has 0 bridgehead atoms. The number of rotatable bonds is 16. The summed E-state index contributed by atoms with van der Waals surface area (Å²) in [5.74, 6) is 0.119. The number of fused-ring (bicyclic) bond motifs is 1. The van der Waals surface area contributed by atoms with E-state index in [9.17, 15) is 14.4 Å². The number of amides is 2. The van der Waals surface area contributed by atoms with Crippen molar-refractivity contribution in [3.63, 3.8) is 0 Å². The SMILES string of the molecule is CCn1c(-c2cc(N3CCN(C)CC3)cnc2[C@H](C)OC)c(CC(C)(C)COC=O)c2cc(-c3csc(C[C@H](NC(=O)[C@H]4C[C@@H]4C)C(=O)N4CCC[C@@H](C)N4)n3)ccc21. The topological polar surface area (TPSA) is 134 Å². The Morgan fingerprint density at radius 2 is 1.90 bits per heavy atom. The largest absolute Gasteiger partial charge is 0.467 e. The number of thiazole rings is 1. The number of likely N-dealkylation sites (N-methyl/N-ethyl adjacent to an activating group) is 1. The predicted molar refractivity (Wildman–Crippen MR) is 233 cm³/mol. The van der Waals surface area contributed by atoms with Crippen LogP contribution >= 0.6 is 11.3 Å². The van der Waals surface area contributed by atoms with E-state index in [2.05, 4.69) is 91.0 Å². The molecule has 0 spiro atoms. The summed E-state index contributed by atoms with van der Waals surface area (Å²) in [5.41, 5.74) is 11.0. The van der Waals surface area contributed by atoms with Gasteiger partial charge in [0, 0.05) is 97.6 Å². The lowest BCUT2D eigenvalue weighted by atomic mass is 9.84. The molecule has 3 aliphatic rings. The van der Waals surface area contributed by atoms with Crippen molar-refractivity contribution in [2.75, 3.05) is 58.4 Å². The zero-order chi connectivity index (χ0) is 42.0. The molecule has 2 saturated heterocycles. The number of piperazine rings is 1. The second-order valence-corrected chi connectivity index (χ2v) is 18.7. The number of anilines is 1. The maximum Gasteiger partial charge on any atom is 0.293 e. The summed E-state index contributed by atoms with van der Waals surface area (Å²) in [6.07, 6.45) is 5.46. The zero-order valence-corrected chi connectivity index (χ0v) is 36.9. The molecule has 0 unspecified atom stereocenters. The first-order valence-corrected chi connectivity index (χ1v) is 22.2. The van der Waals surface area contributed by atoms with Gasteiger partial charge >= 0.3 is 0 Å². The highest BCUT2D eigenvalue weighted by Gasteiger charge is 2.41. The second-order valence-electron chi connectivity index (χ2n) is 17.7. The summed E-state index contributed by atoms with van der Waals surface area (Å²) < 4.78 is 13.7. The summed E-state index contributed by atoms with van der Waals surface area (Å²) in [4.78, 5) is 53.5. The molecule has 3 aromatic heterocycles. The van der Waals surface area contributed by atoms with Crippen LogP contribution in [-0.2, 0) is 43.2 Å². The molecular formula is C45H62N8O5S. The van der Waals surface area contributed by atoms with Crippen LogP contribution in [0.25, 0.3) is 33.4 Å². The van der Waals surface area contributed by atoms with E-state index in [0.717, 1.165) is 107 Å². The Kier molecular flexibility index (Phi) is 13.1. The Bertz CT molecular complexity index is 2140. The Balaban J connectivity index is 1.29. The summed E-state index contributed by atoms with van der Waals surface area (Å²) in [6, 6.07) is 8.30. The summed E-state index contributed by atoms with van der Waals surface area (Å²) in [6.45, 7) is 18.6. The van der Waals surface area contributed by atoms with Gasteiger partial charge in [0.1, 0.15) is 6.04 Å². The van der Waals surface area contributed by atoms with Crippen molar-refractivity contribution in [2.24, 2.45) is 17.3 Å². The Hall–Kier alpha value is -4.37. The third kappa shape index (κ3) is 9.51. The van der Waals surface area contributed by atoms with Gasteiger partial charge in [0.05, 0.1) is 46.7 Å². The molecular weight excluding hydrogens is 765 g/mol. The van der Waals surface area contributed by atoms with E-state index in [-0.39, 0.29) is 41.9 Å². The highest BCUT2D eigenvalue weighted by atomic mass is 32.1. The molecule has 3 fully saturated rings. The molecule has 1 saturated carbocycles. The van der Waals surface area contributed by atoms with E-state index in [0.29, 0.717) is 31.8 Å². The normalized spacial score (nSPS) is 21.1. The first-order chi connectivity index (χ1) is 28.3. The molecule has 1 aliphatic carbocycles. The summed E-state index contributed by atoms with van der Waals surface area (Å²) in [5, 5.41) is 8.72. The minimum Gasteiger partial charge on any atom is -0.467 e. The third-order valence-electron chi connectivity index (χ3n) is 12.4. The van der Waals surface area contributed by atoms with Crippen molar-refractivity contribution in [1.29, 1.82) is 0 Å². The number of carbonyl (C=O) groups is 3. The fraction of sp³-hybridized carbons (Fsp3) is 0.578. The number of pyridine rings is 1. The van der Waals surface area contributed by atoms with Gasteiger partial charge in [0.15, 0.2) is 0 Å². The zero-order valence-electron chi connectivity index (χ0n) is 36.0. The number of hydrogen-bond donors (Lipinski definition) is 2. The van der Waals surface area contributed by atoms with E-state index in [1.54, 1.807) is 12.1 Å². The van der Waals surface area contributed by atoms with Gasteiger partial charge in [0.25, 0.3) is 12.4 Å². The smallest absolute Gasteiger partial charge is 0.293 e. The Morgan fingerprint density at radius 1 is 1.14 bits per heavy atom. The van der Waals surface area contributed by atoms with Crippen LogP contribution in [0.15, 0.2) is 35.8 Å². The monoisotopic (exact) mass is 826 g/mol. The fourth-order valence-electron chi connectivity index (χ4n) is 8.71. The molecule has 4 aromatic rings. The first kappa shape index (κ1) is 42.7. The predicted octanol–water partition coefficient (Wildman–Crippen LogP) is 6.25. The van der Waals surface area contributed by atoms with Crippen LogP contribution in [0.3, 0.4) is 0 Å². The van der Waals surface area contributed by atoms with Crippen molar-refractivity contribution >= 4 is 46.2 Å². The quantitative estimate of drug-likeness (QED) is 0.125. The molecule has 0 radical (unpaired) electrons. The first-order valence-electron chi connectivity index (χ1n) is 21.3. The highest BCUT2D eigenvalue weighted by molar-refractivity contribution is 7.10. The van der Waals surface area contributed by atoms with Crippen molar-refractivity contribution < 1.29 is 23.9 Å². The molecule has 2 N–H and O–H groups in total. The standard InChI is InChI=1S/C45H62N8O5S/c1-9-52-39-13-12-31(38-25-59-40(47-38)22-37(48-43(55)33-19-28(33)2)44(56)53-14-10-11-29(3)49-53)20-34(39)36(23-45(5,6)26-58-27-54)42(52)35-21-32(24-46-41(35)30(4)57-8)51-17-15-50(7)16-18-51/h12-13,20-21,24-25,27-30,33,37,49H,9-11,14-19,22-23,26H2,1-8H3,(H,48,55)/t28-,29+,30-,33-,37-/m0/s1. The fourth-order valence-corrected chi connectivity index (χ4v) is 9.56. The average molecular weight is 827 g/mol. The van der Waals surface area contributed by atoms with Crippen LogP contribution in [-0.4, -0.2) is 108 Å². The second kappa shape index (κ2) is 18.1. The molecule has 13 nitrogen and oxygen atoms in total. The van der Waals surface area contributed by atoms with Crippen LogP contribution in [0.2, 0.25) is 0 Å².